The van der Waals surface area contributed by atoms with E-state index in [0.29, 0.717) is 30.0 Å². The van der Waals surface area contributed by atoms with E-state index in [0.717, 1.165) is 32.1 Å². The Morgan fingerprint density at radius 1 is 1.24 bits per heavy atom. The number of rotatable bonds is 4. The van der Waals surface area contributed by atoms with Crippen LogP contribution in [-0.2, 0) is 16.1 Å². The largest absolute Gasteiger partial charge is 0.457 e. The maximum Gasteiger partial charge on any atom is 0.312 e. The Bertz CT molecular complexity index is 694. The summed E-state index contributed by atoms with van der Waals surface area (Å²) >= 11 is 0. The lowest BCUT2D eigenvalue weighted by Crippen LogP contribution is -2.58. The molecule has 4 saturated carbocycles. The van der Waals surface area contributed by atoms with Crippen molar-refractivity contribution < 1.29 is 14.6 Å². The lowest BCUT2D eigenvalue weighted by molar-refractivity contribution is -0.197. The summed E-state index contributed by atoms with van der Waals surface area (Å²) in [6, 6.07) is 0. The molecule has 4 fully saturated rings. The summed E-state index contributed by atoms with van der Waals surface area (Å²) in [4.78, 5) is 26.9. The second kappa shape index (κ2) is 5.52. The Labute approximate surface area is 146 Å². The molecular weight excluding hydrogens is 322 g/mol. The summed E-state index contributed by atoms with van der Waals surface area (Å²) in [6.45, 7) is -0.0259. The average Bonchev–Trinajstić information content (AvgIpc) is 2.49. The molecule has 3 N–H and O–H groups in total. The highest BCUT2D eigenvalue weighted by Gasteiger charge is 2.60. The number of esters is 1. The van der Waals surface area contributed by atoms with Crippen LogP contribution in [0.3, 0.4) is 0 Å². The molecular formula is C17H25N5O3. The van der Waals surface area contributed by atoms with Gasteiger partial charge in [0.1, 0.15) is 0 Å². The summed E-state index contributed by atoms with van der Waals surface area (Å²) in [5, 5.41) is 10.8. The van der Waals surface area contributed by atoms with Crippen LogP contribution in [0.1, 0.15) is 44.3 Å². The summed E-state index contributed by atoms with van der Waals surface area (Å²) in [6.07, 6.45) is 4.96. The molecule has 2 atom stereocenters. The van der Waals surface area contributed by atoms with Gasteiger partial charge in [-0.05, 0) is 50.4 Å². The van der Waals surface area contributed by atoms with Gasteiger partial charge in [0.15, 0.2) is 12.4 Å². The standard InChI is InChI=1S/C17H25N5O3/c1-22(2)15-20-12(19-14(18)21-15)8-25-13(23)16-4-10-3-11(5-16)7-17(24,6-10)9-16/h10-11,24H,3-9H2,1-2H3,(H2,18,19,20,21). The Morgan fingerprint density at radius 2 is 1.92 bits per heavy atom. The number of carbonyl (C=O) groups excluding carboxylic acids is 1. The van der Waals surface area contributed by atoms with Gasteiger partial charge < -0.3 is 20.5 Å². The molecule has 8 heteroatoms. The molecule has 0 amide bonds. The molecule has 0 aliphatic heterocycles. The molecule has 0 aromatic carbocycles. The van der Waals surface area contributed by atoms with Crippen LogP contribution < -0.4 is 10.6 Å². The Balaban J connectivity index is 1.48. The molecule has 1 aromatic rings. The van der Waals surface area contributed by atoms with Crippen LogP contribution >= 0.6 is 0 Å². The van der Waals surface area contributed by atoms with Gasteiger partial charge in [0.05, 0.1) is 11.0 Å². The Morgan fingerprint density at radius 3 is 2.52 bits per heavy atom. The fourth-order valence-electron chi connectivity index (χ4n) is 5.43. The minimum absolute atomic E-state index is 0.0259. The molecule has 0 saturated heterocycles. The number of aromatic nitrogens is 3. The predicted molar refractivity (Wildman–Crippen MR) is 90.4 cm³/mol. The third-order valence-corrected chi connectivity index (χ3v) is 5.88. The zero-order chi connectivity index (χ0) is 17.8. The van der Waals surface area contributed by atoms with Crippen molar-refractivity contribution >= 4 is 17.9 Å². The number of hydrogen-bond acceptors (Lipinski definition) is 8. The summed E-state index contributed by atoms with van der Waals surface area (Å²) in [5.41, 5.74) is 4.48. The highest BCUT2D eigenvalue weighted by Crippen LogP contribution is 2.62. The molecule has 2 unspecified atom stereocenters. The van der Waals surface area contributed by atoms with Gasteiger partial charge >= 0.3 is 5.97 Å². The highest BCUT2D eigenvalue weighted by molar-refractivity contribution is 5.77. The van der Waals surface area contributed by atoms with Gasteiger partial charge in [-0.15, -0.1) is 0 Å². The fourth-order valence-corrected chi connectivity index (χ4v) is 5.43. The highest BCUT2D eigenvalue weighted by atomic mass is 16.5. The minimum Gasteiger partial charge on any atom is -0.457 e. The lowest BCUT2D eigenvalue weighted by Gasteiger charge is -2.58. The molecule has 5 rings (SSSR count). The van der Waals surface area contributed by atoms with Gasteiger partial charge in [-0.25, -0.2) is 0 Å². The number of ether oxygens (including phenoxy) is 1. The van der Waals surface area contributed by atoms with E-state index in [2.05, 4.69) is 15.0 Å². The lowest BCUT2D eigenvalue weighted by atomic mass is 9.48. The van der Waals surface area contributed by atoms with Crippen molar-refractivity contribution in [3.8, 4) is 0 Å². The summed E-state index contributed by atoms with van der Waals surface area (Å²) < 4.78 is 5.57. The van der Waals surface area contributed by atoms with E-state index in [1.807, 2.05) is 0 Å². The maximum atomic E-state index is 12.9. The molecule has 0 spiro atoms. The summed E-state index contributed by atoms with van der Waals surface area (Å²) in [5.74, 6) is 1.52. The van der Waals surface area contributed by atoms with Crippen LogP contribution in [0.25, 0.3) is 0 Å². The normalized spacial score (nSPS) is 35.6. The van der Waals surface area contributed by atoms with Crippen molar-refractivity contribution in [2.75, 3.05) is 24.7 Å². The van der Waals surface area contributed by atoms with Crippen LogP contribution in [0, 0.1) is 17.3 Å². The number of nitrogen functional groups attached to an aromatic ring is 1. The second-order valence-corrected chi connectivity index (χ2v) is 8.35. The van der Waals surface area contributed by atoms with Crippen molar-refractivity contribution in [1.29, 1.82) is 0 Å². The van der Waals surface area contributed by atoms with Crippen molar-refractivity contribution in [2.24, 2.45) is 17.3 Å². The first kappa shape index (κ1) is 16.5. The van der Waals surface area contributed by atoms with Gasteiger partial charge in [0.2, 0.25) is 11.9 Å². The monoisotopic (exact) mass is 347 g/mol. The van der Waals surface area contributed by atoms with Crippen LogP contribution in [0.15, 0.2) is 0 Å². The van der Waals surface area contributed by atoms with Gasteiger partial charge in [-0.3, -0.25) is 4.79 Å². The van der Waals surface area contributed by atoms with Crippen molar-refractivity contribution in [2.45, 2.75) is 50.7 Å². The van der Waals surface area contributed by atoms with Gasteiger partial charge in [0, 0.05) is 14.1 Å². The Hall–Kier alpha value is -1.96. The van der Waals surface area contributed by atoms with E-state index in [4.69, 9.17) is 10.5 Å². The number of nitrogens with zero attached hydrogens (tertiary/aromatic N) is 4. The molecule has 136 valence electrons. The first-order chi connectivity index (χ1) is 11.8. The predicted octanol–water partition coefficient (Wildman–Crippen LogP) is 0.894. The summed E-state index contributed by atoms with van der Waals surface area (Å²) in [7, 11) is 3.61. The number of aliphatic hydroxyl groups is 1. The SMILES string of the molecule is CN(C)c1nc(N)nc(COC(=O)C23CC4CC(CC(O)(C4)C2)C3)n1. The molecule has 8 nitrogen and oxygen atoms in total. The smallest absolute Gasteiger partial charge is 0.312 e. The van der Waals surface area contributed by atoms with Crippen molar-refractivity contribution in [3.05, 3.63) is 5.82 Å². The van der Waals surface area contributed by atoms with Crippen LogP contribution in [0.5, 0.6) is 0 Å². The van der Waals surface area contributed by atoms with Gasteiger partial charge in [0.25, 0.3) is 0 Å². The number of anilines is 2. The zero-order valence-electron chi connectivity index (χ0n) is 14.7. The van der Waals surface area contributed by atoms with Crippen molar-refractivity contribution in [1.82, 2.24) is 15.0 Å². The topological polar surface area (TPSA) is 114 Å². The molecule has 1 aromatic heterocycles. The van der Waals surface area contributed by atoms with Crippen LogP contribution in [0.4, 0.5) is 11.9 Å². The van der Waals surface area contributed by atoms with Crippen LogP contribution in [0.2, 0.25) is 0 Å². The van der Waals surface area contributed by atoms with Gasteiger partial charge in [-0.2, -0.15) is 15.0 Å². The van der Waals surface area contributed by atoms with E-state index in [1.165, 1.54) is 0 Å². The molecule has 25 heavy (non-hydrogen) atoms. The first-order valence-corrected chi connectivity index (χ1v) is 8.84. The van der Waals surface area contributed by atoms with E-state index >= 15 is 0 Å². The van der Waals surface area contributed by atoms with E-state index in [1.54, 1.807) is 19.0 Å². The molecule has 0 radical (unpaired) electrons. The average molecular weight is 347 g/mol. The number of hydrogen-bond donors (Lipinski definition) is 2. The zero-order valence-corrected chi connectivity index (χ0v) is 14.7. The van der Waals surface area contributed by atoms with E-state index in [-0.39, 0.29) is 18.5 Å². The maximum absolute atomic E-state index is 12.9. The van der Waals surface area contributed by atoms with Gasteiger partial charge in [-0.1, -0.05) is 0 Å². The van der Waals surface area contributed by atoms with Crippen LogP contribution in [-0.4, -0.2) is 45.7 Å². The van der Waals surface area contributed by atoms with E-state index < -0.39 is 11.0 Å². The third-order valence-electron chi connectivity index (χ3n) is 5.88. The fraction of sp³-hybridized carbons (Fsp3) is 0.765. The third kappa shape index (κ3) is 2.92. The molecule has 4 aliphatic rings. The number of carbonyl (C=O) groups is 1. The second-order valence-electron chi connectivity index (χ2n) is 8.35. The van der Waals surface area contributed by atoms with Crippen molar-refractivity contribution in [3.63, 3.8) is 0 Å². The minimum atomic E-state index is -0.682. The number of nitrogens with two attached hydrogens (primary N) is 1. The molecule has 4 aliphatic carbocycles. The quantitative estimate of drug-likeness (QED) is 0.772. The Kier molecular flexibility index (Phi) is 3.64. The van der Waals surface area contributed by atoms with E-state index in [9.17, 15) is 9.90 Å². The first-order valence-electron chi connectivity index (χ1n) is 8.84. The molecule has 4 bridgehead atoms. The molecule has 1 heterocycles.